The Morgan fingerprint density at radius 2 is 0.955 bits per heavy atom. The summed E-state index contributed by atoms with van der Waals surface area (Å²) in [5.74, 6) is -38.8. The molecule has 0 spiro atoms. The van der Waals surface area contributed by atoms with Crippen LogP contribution in [0.15, 0.2) is 0 Å². The molecule has 0 unspecified atom stereocenters. The number of rotatable bonds is 2. The lowest BCUT2D eigenvalue weighted by atomic mass is 9.72. The highest BCUT2D eigenvalue weighted by Crippen LogP contribution is 2.69. The Labute approximate surface area is 114 Å². The van der Waals surface area contributed by atoms with Gasteiger partial charge in [0.25, 0.3) is 0 Å². The highest BCUT2D eigenvalue weighted by Gasteiger charge is 3.02. The lowest BCUT2D eigenvalue weighted by Gasteiger charge is -2.51. The van der Waals surface area contributed by atoms with E-state index in [1.54, 1.807) is 0 Å². The Balaban J connectivity index is 3.81. The topological polar surface area (TPSA) is 33.1 Å². The van der Waals surface area contributed by atoms with Crippen molar-refractivity contribution in [3.63, 3.8) is 0 Å². The highest BCUT2D eigenvalue weighted by molar-refractivity contribution is 5.86. The predicted molar refractivity (Wildman–Crippen MR) is 47.9 cm³/mol. The summed E-state index contributed by atoms with van der Waals surface area (Å²) in [5, 5.41) is 6.51. The van der Waals surface area contributed by atoms with Gasteiger partial charge in [-0.2, -0.15) is 43.9 Å². The Morgan fingerprint density at radius 1 is 0.682 bits per heavy atom. The second-order valence-electron chi connectivity index (χ2n) is 4.29. The maximum atomic E-state index is 13.9. The summed E-state index contributed by atoms with van der Waals surface area (Å²) < 4.78 is 148. The van der Waals surface area contributed by atoms with E-state index in [4.69, 9.17) is 5.41 Å². The van der Waals surface area contributed by atoms with Crippen LogP contribution in [-0.4, -0.2) is 47.8 Å². The number of halogens is 11. The van der Waals surface area contributed by atoms with Crippen LogP contribution in [0, 0.1) is 5.41 Å². The number of nitrogens with one attached hydrogen (secondary N) is 1. The number of hydrogen-bond acceptors (Lipinski definition) is 2. The van der Waals surface area contributed by atoms with Crippen LogP contribution in [0.5, 0.6) is 0 Å². The van der Waals surface area contributed by atoms with Gasteiger partial charge in [0.05, 0.1) is 6.61 Å². The molecule has 1 N–H and O–H groups in total. The zero-order valence-corrected chi connectivity index (χ0v) is 10.3. The average Bonchev–Trinajstić information content (AvgIpc) is 2.35. The molecule has 0 atom stereocenters. The minimum absolute atomic E-state index is 0.794. The van der Waals surface area contributed by atoms with Crippen LogP contribution in [-0.2, 0) is 4.74 Å². The van der Waals surface area contributed by atoms with E-state index in [0.29, 0.717) is 0 Å². The van der Waals surface area contributed by atoms with Gasteiger partial charge in [-0.3, -0.25) is 5.41 Å². The Bertz CT molecular complexity index is 456. The molecule has 0 heterocycles. The summed E-state index contributed by atoms with van der Waals surface area (Å²) in [6, 6.07) is 0. The first-order valence-corrected chi connectivity index (χ1v) is 5.28. The number of ether oxygens (including phenoxy) is 1. The molecule has 0 saturated heterocycles. The van der Waals surface area contributed by atoms with Gasteiger partial charge in [-0.25, -0.2) is 4.39 Å². The maximum Gasteiger partial charge on any atom is 0.384 e. The Morgan fingerprint density at radius 3 is 1.23 bits per heavy atom. The lowest BCUT2D eigenvalue weighted by molar-refractivity contribution is -0.474. The first-order valence-electron chi connectivity index (χ1n) is 5.28. The summed E-state index contributed by atoms with van der Waals surface area (Å²) in [7, 11) is 0. The van der Waals surface area contributed by atoms with E-state index in [0.717, 1.165) is 6.92 Å². The van der Waals surface area contributed by atoms with E-state index in [1.165, 1.54) is 0 Å². The van der Waals surface area contributed by atoms with Crippen LogP contribution >= 0.6 is 0 Å². The smallest absolute Gasteiger partial charge is 0.384 e. The largest absolute Gasteiger partial charge is 0.479 e. The van der Waals surface area contributed by atoms with Gasteiger partial charge in [0.15, 0.2) is 0 Å². The van der Waals surface area contributed by atoms with Crippen molar-refractivity contribution in [3.05, 3.63) is 0 Å². The Hall–Kier alpha value is -1.30. The molecule has 1 saturated carbocycles. The third-order valence-corrected chi connectivity index (χ3v) is 3.04. The summed E-state index contributed by atoms with van der Waals surface area (Å²) in [5.41, 5.74) is -6.48. The van der Waals surface area contributed by atoms with Crippen molar-refractivity contribution in [3.8, 4) is 0 Å². The van der Waals surface area contributed by atoms with E-state index in [-0.39, 0.29) is 0 Å². The molecule has 1 aliphatic carbocycles. The van der Waals surface area contributed by atoms with Gasteiger partial charge in [-0.05, 0) is 6.92 Å². The molecular weight excluding hydrogens is 347 g/mol. The summed E-state index contributed by atoms with van der Waals surface area (Å²) in [6.07, 6.45) is 0. The van der Waals surface area contributed by atoms with Crippen LogP contribution in [0.25, 0.3) is 0 Å². The molecule has 13 heteroatoms. The lowest BCUT2D eigenvalue weighted by Crippen LogP contribution is -2.85. The summed E-state index contributed by atoms with van der Waals surface area (Å²) in [6.45, 7) is -0.230. The third kappa shape index (κ3) is 1.54. The third-order valence-electron chi connectivity index (χ3n) is 3.04. The van der Waals surface area contributed by atoms with Crippen molar-refractivity contribution < 1.29 is 53.0 Å². The van der Waals surface area contributed by atoms with E-state index in [2.05, 4.69) is 4.74 Å². The normalized spacial score (nSPS) is 29.6. The molecule has 0 radical (unpaired) electrons. The summed E-state index contributed by atoms with van der Waals surface area (Å²) >= 11 is 0. The molecule has 0 aromatic rings. The molecule has 0 amide bonds. The standard InChI is InChI=1S/C9H6F11NO/c1-2-22-3(21)4(10)5(11,12)7(15,16)9(19,20)8(17,18)6(4,13)14/h21H,2H2,1H3. The van der Waals surface area contributed by atoms with Crippen molar-refractivity contribution in [2.75, 3.05) is 6.61 Å². The second kappa shape index (κ2) is 4.37. The van der Waals surface area contributed by atoms with Crippen molar-refractivity contribution in [2.24, 2.45) is 0 Å². The van der Waals surface area contributed by atoms with Crippen LogP contribution in [0.3, 0.4) is 0 Å². The number of alkyl halides is 11. The first-order chi connectivity index (χ1) is 9.48. The van der Waals surface area contributed by atoms with Gasteiger partial charge in [0.2, 0.25) is 5.90 Å². The van der Waals surface area contributed by atoms with Crippen LogP contribution in [0.4, 0.5) is 48.3 Å². The molecule has 0 bridgehead atoms. The monoisotopic (exact) mass is 353 g/mol. The highest BCUT2D eigenvalue weighted by atomic mass is 19.4. The molecule has 0 aromatic carbocycles. The molecule has 0 aromatic heterocycles. The van der Waals surface area contributed by atoms with Gasteiger partial charge in [-0.1, -0.05) is 0 Å². The van der Waals surface area contributed by atoms with Crippen LogP contribution in [0.1, 0.15) is 6.92 Å². The van der Waals surface area contributed by atoms with Crippen molar-refractivity contribution in [2.45, 2.75) is 42.2 Å². The van der Waals surface area contributed by atoms with Gasteiger partial charge in [0.1, 0.15) is 0 Å². The van der Waals surface area contributed by atoms with Crippen LogP contribution in [0.2, 0.25) is 0 Å². The average molecular weight is 353 g/mol. The van der Waals surface area contributed by atoms with Gasteiger partial charge >= 0.3 is 35.3 Å². The molecule has 1 aliphatic rings. The van der Waals surface area contributed by atoms with Crippen molar-refractivity contribution in [1.82, 2.24) is 0 Å². The second-order valence-corrected chi connectivity index (χ2v) is 4.29. The Kier molecular flexibility index (Phi) is 3.72. The molecule has 22 heavy (non-hydrogen) atoms. The van der Waals surface area contributed by atoms with E-state index in [9.17, 15) is 48.3 Å². The van der Waals surface area contributed by atoms with Gasteiger partial charge in [-0.15, -0.1) is 0 Å². The van der Waals surface area contributed by atoms with Crippen molar-refractivity contribution >= 4 is 5.90 Å². The predicted octanol–water partition coefficient (Wildman–Crippen LogP) is 3.90. The van der Waals surface area contributed by atoms with E-state index < -0.39 is 47.8 Å². The molecular formula is C9H6F11NO. The van der Waals surface area contributed by atoms with E-state index in [1.807, 2.05) is 0 Å². The molecule has 2 nitrogen and oxygen atoms in total. The number of hydrogen-bond donors (Lipinski definition) is 1. The maximum absolute atomic E-state index is 13.9. The fourth-order valence-electron chi connectivity index (χ4n) is 1.75. The minimum atomic E-state index is -7.28. The molecule has 0 aliphatic heterocycles. The fourth-order valence-corrected chi connectivity index (χ4v) is 1.75. The SMILES string of the molecule is CCOC(=N)C1(F)C(F)(F)C(F)(F)C(F)(F)C(F)(F)C1(F)F. The fraction of sp³-hybridized carbons (Fsp3) is 0.889. The molecule has 1 rings (SSSR count). The summed E-state index contributed by atoms with van der Waals surface area (Å²) in [4.78, 5) is 0. The van der Waals surface area contributed by atoms with Gasteiger partial charge < -0.3 is 4.74 Å². The first kappa shape index (κ1) is 18.7. The molecule has 1 fully saturated rings. The van der Waals surface area contributed by atoms with Crippen LogP contribution < -0.4 is 0 Å². The van der Waals surface area contributed by atoms with E-state index >= 15 is 0 Å². The minimum Gasteiger partial charge on any atom is -0.479 e. The quantitative estimate of drug-likeness (QED) is 0.456. The molecule has 130 valence electrons. The zero-order valence-electron chi connectivity index (χ0n) is 10.3. The van der Waals surface area contributed by atoms with Crippen molar-refractivity contribution in [1.29, 1.82) is 5.41 Å². The zero-order chi connectivity index (χ0) is 18.0. The van der Waals surface area contributed by atoms with Gasteiger partial charge in [0, 0.05) is 0 Å².